The summed E-state index contributed by atoms with van der Waals surface area (Å²) < 4.78 is 7.12. The quantitative estimate of drug-likeness (QED) is 0.535. The Kier molecular flexibility index (Phi) is 6.18. The van der Waals surface area contributed by atoms with Gasteiger partial charge in [-0.25, -0.2) is 0 Å². The van der Waals surface area contributed by atoms with Crippen LogP contribution in [0.15, 0.2) is 24.3 Å². The van der Waals surface area contributed by atoms with Crippen LogP contribution in [0, 0.1) is 0 Å². The van der Waals surface area contributed by atoms with Gasteiger partial charge in [-0.2, -0.15) is 0 Å². The Morgan fingerprint density at radius 3 is 2.64 bits per heavy atom. The molecule has 0 saturated heterocycles. The van der Waals surface area contributed by atoms with E-state index in [1.807, 2.05) is 6.07 Å². The van der Waals surface area contributed by atoms with Crippen molar-refractivity contribution in [1.29, 1.82) is 0 Å². The molecule has 1 rings (SSSR count). The van der Waals surface area contributed by atoms with Crippen molar-refractivity contribution in [1.82, 2.24) is 0 Å². The van der Waals surface area contributed by atoms with Gasteiger partial charge in [0.15, 0.2) is 0 Å². The monoisotopic (exact) mass is 388 g/mol. The van der Waals surface area contributed by atoms with Crippen LogP contribution in [-0.2, 0) is 0 Å². The van der Waals surface area contributed by atoms with E-state index in [0.717, 1.165) is 37.1 Å². The van der Waals surface area contributed by atoms with Gasteiger partial charge in [-0.1, -0.05) is 0 Å². The van der Waals surface area contributed by atoms with Crippen LogP contribution in [0.1, 0.15) is 32.6 Å². The van der Waals surface area contributed by atoms with Gasteiger partial charge in [0, 0.05) is 0 Å². The van der Waals surface area contributed by atoms with Crippen molar-refractivity contribution >= 4 is 28.0 Å². The van der Waals surface area contributed by atoms with E-state index in [2.05, 4.69) is 25.1 Å². The first-order valence-electron chi connectivity index (χ1n) is 5.32. The SMILES string of the molecule is CCCCCCOc1cccc[c]1[BiH2]. The Labute approximate surface area is 102 Å². The van der Waals surface area contributed by atoms with E-state index in [1.165, 1.54) is 29.0 Å². The molecular weight excluding hydrogens is 369 g/mol. The van der Waals surface area contributed by atoms with Gasteiger partial charge in [-0.3, -0.25) is 0 Å². The zero-order valence-corrected chi connectivity index (χ0v) is 13.3. The minimum absolute atomic E-state index is 0.867. The number of hydrogen-bond donors (Lipinski definition) is 0. The molecule has 0 aliphatic carbocycles. The molecule has 0 aromatic heterocycles. The number of hydrogen-bond acceptors (Lipinski definition) is 1. The van der Waals surface area contributed by atoms with E-state index < -0.39 is 0 Å². The molecule has 0 aliphatic rings. The Hall–Kier alpha value is -0.0969. The second-order valence-corrected chi connectivity index (χ2v) is 5.86. The summed E-state index contributed by atoms with van der Waals surface area (Å²) in [5.74, 6) is 1.11. The third-order valence-electron chi connectivity index (χ3n) is 2.17. The first-order chi connectivity index (χ1) is 6.84. The molecule has 0 saturated carbocycles. The molecule has 1 nitrogen and oxygen atoms in total. The Bertz CT molecular complexity index is 260. The van der Waals surface area contributed by atoms with Crippen LogP contribution < -0.4 is 8.01 Å². The molecule has 0 bridgehead atoms. The van der Waals surface area contributed by atoms with E-state index in [-0.39, 0.29) is 0 Å². The summed E-state index contributed by atoms with van der Waals surface area (Å²) in [5, 5.41) is 0. The molecule has 0 atom stereocenters. The number of ether oxygens (including phenoxy) is 1. The van der Waals surface area contributed by atoms with Crippen molar-refractivity contribution in [3.05, 3.63) is 24.3 Å². The molecule has 0 fully saturated rings. The summed E-state index contributed by atoms with van der Waals surface area (Å²) in [4.78, 5) is 0. The van der Waals surface area contributed by atoms with E-state index in [0.29, 0.717) is 0 Å². The Balaban J connectivity index is 2.21. The molecule has 0 aliphatic heterocycles. The van der Waals surface area contributed by atoms with E-state index >= 15 is 0 Å². The molecule has 0 unspecified atom stereocenters. The van der Waals surface area contributed by atoms with Crippen molar-refractivity contribution in [2.75, 3.05) is 6.61 Å². The minimum atomic E-state index is 0.867. The van der Waals surface area contributed by atoms with E-state index in [1.54, 1.807) is 0 Å². The van der Waals surface area contributed by atoms with Crippen LogP contribution in [0.4, 0.5) is 0 Å². The van der Waals surface area contributed by atoms with Gasteiger partial charge in [0.2, 0.25) is 0 Å². The summed E-state index contributed by atoms with van der Waals surface area (Å²) in [7, 11) is 0. The molecule has 0 spiro atoms. The predicted molar refractivity (Wildman–Crippen MR) is 64.3 cm³/mol. The summed E-state index contributed by atoms with van der Waals surface area (Å²) in [6, 6.07) is 8.37. The van der Waals surface area contributed by atoms with Gasteiger partial charge in [0.25, 0.3) is 0 Å². The first kappa shape index (κ1) is 12.0. The summed E-state index contributed by atoms with van der Waals surface area (Å²) >= 11 is 0.867. The summed E-state index contributed by atoms with van der Waals surface area (Å²) in [6.07, 6.45) is 5.10. The predicted octanol–water partition coefficient (Wildman–Crippen LogP) is 1.90. The fourth-order valence-corrected chi connectivity index (χ4v) is 2.45. The van der Waals surface area contributed by atoms with Gasteiger partial charge in [-0.05, 0) is 0 Å². The van der Waals surface area contributed by atoms with Crippen molar-refractivity contribution in [3.8, 4) is 5.75 Å². The van der Waals surface area contributed by atoms with Gasteiger partial charge in [-0.15, -0.1) is 0 Å². The molecule has 0 radical (unpaired) electrons. The van der Waals surface area contributed by atoms with E-state index in [9.17, 15) is 0 Å². The normalized spacial score (nSPS) is 10.1. The average Bonchev–Trinajstić information content (AvgIpc) is 2.20. The number of para-hydroxylation sites is 1. The molecule has 0 N–H and O–H groups in total. The molecule has 14 heavy (non-hydrogen) atoms. The van der Waals surface area contributed by atoms with Crippen LogP contribution in [0.25, 0.3) is 0 Å². The number of rotatable bonds is 6. The average molecular weight is 388 g/mol. The van der Waals surface area contributed by atoms with Crippen LogP contribution in [0.5, 0.6) is 5.75 Å². The van der Waals surface area contributed by atoms with E-state index in [4.69, 9.17) is 4.74 Å². The standard InChI is InChI=1S/C12H17O.Bi.2H/c1-2-3-4-8-11-13-12-9-6-5-7-10-12;;;/h5-7,9H,2-4,8,11H2,1H3;;;. The molecule has 0 amide bonds. The number of unbranched alkanes of at least 4 members (excludes halogenated alkanes) is 3. The fourth-order valence-electron chi connectivity index (χ4n) is 1.32. The second kappa shape index (κ2) is 7.23. The first-order valence-corrected chi connectivity index (χ1v) is 7.56. The van der Waals surface area contributed by atoms with Crippen molar-refractivity contribution < 1.29 is 4.74 Å². The Morgan fingerprint density at radius 2 is 1.93 bits per heavy atom. The van der Waals surface area contributed by atoms with Gasteiger partial charge < -0.3 is 0 Å². The zero-order valence-electron chi connectivity index (χ0n) is 8.83. The van der Waals surface area contributed by atoms with Crippen LogP contribution >= 0.6 is 0 Å². The van der Waals surface area contributed by atoms with Gasteiger partial charge in [0.1, 0.15) is 0 Å². The molecule has 1 aromatic carbocycles. The van der Waals surface area contributed by atoms with Crippen molar-refractivity contribution in [3.63, 3.8) is 0 Å². The maximum absolute atomic E-state index is 5.73. The topological polar surface area (TPSA) is 9.23 Å². The molecule has 2 heteroatoms. The third kappa shape index (κ3) is 4.41. The maximum atomic E-state index is 5.73. The molecular formula is C12H19BiO. The van der Waals surface area contributed by atoms with Crippen molar-refractivity contribution in [2.24, 2.45) is 0 Å². The van der Waals surface area contributed by atoms with Gasteiger partial charge >= 0.3 is 102 Å². The Morgan fingerprint density at radius 1 is 1.14 bits per heavy atom. The molecule has 0 heterocycles. The molecule has 1 aromatic rings. The summed E-state index contributed by atoms with van der Waals surface area (Å²) in [6.45, 7) is 3.11. The van der Waals surface area contributed by atoms with Crippen LogP contribution in [0.3, 0.4) is 0 Å². The van der Waals surface area contributed by atoms with Crippen LogP contribution in [-0.4, -0.2) is 31.3 Å². The number of benzene rings is 1. The van der Waals surface area contributed by atoms with Gasteiger partial charge in [0.05, 0.1) is 0 Å². The van der Waals surface area contributed by atoms with Crippen molar-refractivity contribution in [2.45, 2.75) is 32.6 Å². The molecule has 78 valence electrons. The summed E-state index contributed by atoms with van der Waals surface area (Å²) in [5.41, 5.74) is 0. The van der Waals surface area contributed by atoms with Crippen LogP contribution in [0.2, 0.25) is 0 Å². The zero-order chi connectivity index (χ0) is 10.2. The third-order valence-corrected chi connectivity index (χ3v) is 4.03. The fraction of sp³-hybridized carbons (Fsp3) is 0.500. The second-order valence-electron chi connectivity index (χ2n) is 3.45.